The molecule has 2 N–H and O–H groups in total. The lowest BCUT2D eigenvalue weighted by atomic mass is 10.1. The maximum atomic E-state index is 10.9. The maximum absolute atomic E-state index is 10.9. The Hall–Kier alpha value is -1.62. The number of nitrogens with zero attached hydrogens (tertiary/aromatic N) is 1. The first-order valence-electron chi connectivity index (χ1n) is 5.68. The molecule has 1 atom stereocenters. The molecule has 0 radical (unpaired) electrons. The third-order valence-corrected chi connectivity index (χ3v) is 2.54. The van der Waals surface area contributed by atoms with Gasteiger partial charge in [0.1, 0.15) is 5.69 Å². The van der Waals surface area contributed by atoms with Gasteiger partial charge < -0.3 is 10.6 Å². The molecule has 0 saturated carbocycles. The maximum Gasteiger partial charge on any atom is 0.292 e. The molecule has 17 heavy (non-hydrogen) atoms. The average molecular weight is 237 g/mol. The number of hydrogen-bond donors (Lipinski definition) is 2. The topological polar surface area (TPSA) is 67.2 Å². The van der Waals surface area contributed by atoms with Crippen molar-refractivity contribution in [3.05, 3.63) is 33.9 Å². The highest BCUT2D eigenvalue weighted by Gasteiger charge is 2.13. The van der Waals surface area contributed by atoms with Crippen LogP contribution in [-0.2, 0) is 0 Å². The minimum Gasteiger partial charge on any atom is -0.379 e. The molecule has 0 aliphatic heterocycles. The number of nitro benzene ring substituents is 1. The molecule has 0 fully saturated rings. The lowest BCUT2D eigenvalue weighted by Crippen LogP contribution is -2.23. The molecule has 1 aromatic rings. The van der Waals surface area contributed by atoms with E-state index in [0.717, 1.165) is 12.1 Å². The van der Waals surface area contributed by atoms with E-state index in [0.29, 0.717) is 18.2 Å². The van der Waals surface area contributed by atoms with Crippen molar-refractivity contribution in [3.63, 3.8) is 0 Å². The normalized spacial score (nSPS) is 12.2. The van der Waals surface area contributed by atoms with Crippen molar-refractivity contribution in [2.75, 3.05) is 25.5 Å². The van der Waals surface area contributed by atoms with Crippen LogP contribution in [0.5, 0.6) is 0 Å². The molecular formula is C12H19N3O2. The van der Waals surface area contributed by atoms with Gasteiger partial charge in [-0.1, -0.05) is 13.0 Å². The van der Waals surface area contributed by atoms with Crippen LogP contribution in [0, 0.1) is 23.0 Å². The third-order valence-electron chi connectivity index (χ3n) is 2.54. The lowest BCUT2D eigenvalue weighted by molar-refractivity contribution is -0.384. The Bertz CT molecular complexity index is 393. The van der Waals surface area contributed by atoms with Gasteiger partial charge in [0.2, 0.25) is 0 Å². The summed E-state index contributed by atoms with van der Waals surface area (Å²) in [7, 11) is 1.89. The summed E-state index contributed by atoms with van der Waals surface area (Å²) in [6.07, 6.45) is 0. The van der Waals surface area contributed by atoms with E-state index in [-0.39, 0.29) is 10.6 Å². The Morgan fingerprint density at radius 2 is 2.12 bits per heavy atom. The SMILES string of the molecule is CNCC(C)CNc1cc(C)ccc1[N+](=O)[O-]. The summed E-state index contributed by atoms with van der Waals surface area (Å²) < 4.78 is 0. The van der Waals surface area contributed by atoms with Gasteiger partial charge in [0, 0.05) is 12.6 Å². The Labute approximate surface area is 101 Å². The molecule has 1 aromatic carbocycles. The highest BCUT2D eigenvalue weighted by molar-refractivity contribution is 5.62. The van der Waals surface area contributed by atoms with E-state index in [4.69, 9.17) is 0 Å². The highest BCUT2D eigenvalue weighted by atomic mass is 16.6. The second-order valence-corrected chi connectivity index (χ2v) is 4.32. The van der Waals surface area contributed by atoms with Crippen LogP contribution in [0.3, 0.4) is 0 Å². The van der Waals surface area contributed by atoms with Crippen molar-refractivity contribution >= 4 is 11.4 Å². The Morgan fingerprint density at radius 1 is 1.41 bits per heavy atom. The minimum atomic E-state index is -0.357. The number of anilines is 1. The largest absolute Gasteiger partial charge is 0.379 e. The zero-order valence-corrected chi connectivity index (χ0v) is 10.5. The molecule has 5 heteroatoms. The van der Waals surface area contributed by atoms with Gasteiger partial charge in [-0.3, -0.25) is 10.1 Å². The smallest absolute Gasteiger partial charge is 0.292 e. The molecule has 5 nitrogen and oxygen atoms in total. The second kappa shape index (κ2) is 6.20. The first kappa shape index (κ1) is 13.4. The van der Waals surface area contributed by atoms with Crippen molar-refractivity contribution in [3.8, 4) is 0 Å². The number of aryl methyl sites for hydroxylation is 1. The van der Waals surface area contributed by atoms with Gasteiger partial charge in [0.05, 0.1) is 4.92 Å². The molecule has 0 aromatic heterocycles. The van der Waals surface area contributed by atoms with Crippen molar-refractivity contribution in [2.45, 2.75) is 13.8 Å². The lowest BCUT2D eigenvalue weighted by Gasteiger charge is -2.13. The quantitative estimate of drug-likeness (QED) is 0.587. The zero-order valence-electron chi connectivity index (χ0n) is 10.5. The van der Waals surface area contributed by atoms with Crippen LogP contribution in [-0.4, -0.2) is 25.1 Å². The summed E-state index contributed by atoms with van der Waals surface area (Å²) in [6, 6.07) is 5.10. The van der Waals surface area contributed by atoms with Crippen LogP contribution in [0.4, 0.5) is 11.4 Å². The van der Waals surface area contributed by atoms with Gasteiger partial charge in [-0.25, -0.2) is 0 Å². The standard InChI is InChI=1S/C12H19N3O2/c1-9-4-5-12(15(16)17)11(6-9)14-8-10(2)7-13-3/h4-6,10,13-14H,7-8H2,1-3H3. The van der Waals surface area contributed by atoms with Crippen LogP contribution in [0.2, 0.25) is 0 Å². The van der Waals surface area contributed by atoms with Crippen LogP contribution in [0.25, 0.3) is 0 Å². The van der Waals surface area contributed by atoms with E-state index >= 15 is 0 Å². The van der Waals surface area contributed by atoms with Gasteiger partial charge >= 0.3 is 0 Å². The summed E-state index contributed by atoms with van der Waals surface area (Å²) >= 11 is 0. The van der Waals surface area contributed by atoms with E-state index in [1.807, 2.05) is 20.0 Å². The molecule has 0 heterocycles. The molecule has 1 rings (SSSR count). The number of rotatable bonds is 6. The molecular weight excluding hydrogens is 218 g/mol. The number of hydrogen-bond acceptors (Lipinski definition) is 4. The zero-order chi connectivity index (χ0) is 12.8. The summed E-state index contributed by atoms with van der Waals surface area (Å²) in [5.74, 6) is 0.417. The molecule has 0 aliphatic rings. The fourth-order valence-electron chi connectivity index (χ4n) is 1.66. The van der Waals surface area contributed by atoms with Gasteiger partial charge in [-0.15, -0.1) is 0 Å². The first-order valence-corrected chi connectivity index (χ1v) is 5.68. The van der Waals surface area contributed by atoms with Crippen LogP contribution >= 0.6 is 0 Å². The molecule has 1 unspecified atom stereocenters. The van der Waals surface area contributed by atoms with Crippen molar-refractivity contribution < 1.29 is 4.92 Å². The molecule has 94 valence electrons. The Balaban J connectivity index is 2.75. The van der Waals surface area contributed by atoms with E-state index in [2.05, 4.69) is 17.6 Å². The van der Waals surface area contributed by atoms with Gasteiger partial charge in [0.25, 0.3) is 5.69 Å². The number of benzene rings is 1. The van der Waals surface area contributed by atoms with Gasteiger partial charge in [-0.05, 0) is 38.1 Å². The molecule has 0 bridgehead atoms. The van der Waals surface area contributed by atoms with Crippen molar-refractivity contribution in [2.24, 2.45) is 5.92 Å². The summed E-state index contributed by atoms with van der Waals surface area (Å²) in [5.41, 5.74) is 1.74. The predicted octanol–water partition coefficient (Wildman–Crippen LogP) is 2.17. The monoisotopic (exact) mass is 237 g/mol. The van der Waals surface area contributed by atoms with Gasteiger partial charge in [-0.2, -0.15) is 0 Å². The van der Waals surface area contributed by atoms with E-state index in [9.17, 15) is 10.1 Å². The summed E-state index contributed by atoms with van der Waals surface area (Å²) in [5, 5.41) is 17.1. The van der Waals surface area contributed by atoms with Crippen molar-refractivity contribution in [1.82, 2.24) is 5.32 Å². The summed E-state index contributed by atoms with van der Waals surface area (Å²) in [6.45, 7) is 5.61. The van der Waals surface area contributed by atoms with E-state index in [1.165, 1.54) is 0 Å². The Kier molecular flexibility index (Phi) is 4.90. The summed E-state index contributed by atoms with van der Waals surface area (Å²) in [4.78, 5) is 10.5. The first-order chi connectivity index (χ1) is 8.04. The number of nitro groups is 1. The molecule has 0 aliphatic carbocycles. The fraction of sp³-hybridized carbons (Fsp3) is 0.500. The molecule has 0 spiro atoms. The molecule has 0 amide bonds. The second-order valence-electron chi connectivity index (χ2n) is 4.32. The minimum absolute atomic E-state index is 0.132. The fourth-order valence-corrected chi connectivity index (χ4v) is 1.66. The van der Waals surface area contributed by atoms with Gasteiger partial charge in [0.15, 0.2) is 0 Å². The van der Waals surface area contributed by atoms with Crippen LogP contribution in [0.1, 0.15) is 12.5 Å². The number of nitrogens with one attached hydrogen (secondary N) is 2. The molecule has 0 saturated heterocycles. The van der Waals surface area contributed by atoms with E-state index in [1.54, 1.807) is 12.1 Å². The average Bonchev–Trinajstić information content (AvgIpc) is 2.26. The van der Waals surface area contributed by atoms with Crippen LogP contribution < -0.4 is 10.6 Å². The highest BCUT2D eigenvalue weighted by Crippen LogP contribution is 2.25. The van der Waals surface area contributed by atoms with Crippen LogP contribution in [0.15, 0.2) is 18.2 Å². The van der Waals surface area contributed by atoms with E-state index < -0.39 is 0 Å². The van der Waals surface area contributed by atoms with Crippen molar-refractivity contribution in [1.29, 1.82) is 0 Å². The third kappa shape index (κ3) is 4.03. The Morgan fingerprint density at radius 3 is 2.71 bits per heavy atom. The predicted molar refractivity (Wildman–Crippen MR) is 69.4 cm³/mol.